The number of carbonyl (C=O) groups is 3. The number of rotatable bonds is 7. The Kier molecular flexibility index (Phi) is 5.66. The fourth-order valence-electron chi connectivity index (χ4n) is 2.89. The molecule has 2 aromatic carbocycles. The molecule has 1 atom stereocenters. The minimum atomic E-state index is -1.34. The zero-order valence-electron chi connectivity index (χ0n) is 15.1. The maximum Gasteiger partial charge on any atom is 0.254 e. The first-order chi connectivity index (χ1) is 13.0. The van der Waals surface area contributed by atoms with E-state index in [1.165, 1.54) is 7.05 Å². The Labute approximate surface area is 157 Å². The van der Waals surface area contributed by atoms with Crippen LogP contribution in [0.3, 0.4) is 0 Å². The molecule has 2 N–H and O–H groups in total. The zero-order valence-corrected chi connectivity index (χ0v) is 15.1. The summed E-state index contributed by atoms with van der Waals surface area (Å²) in [6, 6.07) is 15.5. The Balaban J connectivity index is 1.77. The van der Waals surface area contributed by atoms with Crippen molar-refractivity contribution in [1.82, 2.24) is 10.2 Å². The highest BCUT2D eigenvalue weighted by Crippen LogP contribution is 2.21. The molecule has 2 aromatic rings. The van der Waals surface area contributed by atoms with Crippen molar-refractivity contribution < 1.29 is 19.5 Å². The van der Waals surface area contributed by atoms with Gasteiger partial charge in [0, 0.05) is 18.7 Å². The number of amides is 2. The maximum absolute atomic E-state index is 12.8. The van der Waals surface area contributed by atoms with Crippen molar-refractivity contribution in [3.8, 4) is 11.1 Å². The largest absolute Gasteiger partial charge is 0.388 e. The van der Waals surface area contributed by atoms with Crippen LogP contribution in [-0.2, 0) is 9.59 Å². The summed E-state index contributed by atoms with van der Waals surface area (Å²) in [5.41, 5.74) is 2.36. The van der Waals surface area contributed by atoms with E-state index < -0.39 is 30.2 Å². The predicted molar refractivity (Wildman–Crippen MR) is 101 cm³/mol. The van der Waals surface area contributed by atoms with Crippen LogP contribution in [-0.4, -0.2) is 53.3 Å². The molecule has 1 saturated carbocycles. The summed E-state index contributed by atoms with van der Waals surface area (Å²) in [5.74, 6) is -1.70. The summed E-state index contributed by atoms with van der Waals surface area (Å²) in [4.78, 5) is 38.3. The van der Waals surface area contributed by atoms with E-state index in [0.29, 0.717) is 5.56 Å². The Hall–Kier alpha value is -2.99. The molecule has 3 rings (SSSR count). The van der Waals surface area contributed by atoms with Gasteiger partial charge in [0.1, 0.15) is 6.61 Å². The molecular formula is C21H22N2O4. The molecule has 1 aliphatic carbocycles. The lowest BCUT2D eigenvalue weighted by Gasteiger charge is -2.26. The first-order valence-corrected chi connectivity index (χ1v) is 8.88. The van der Waals surface area contributed by atoms with E-state index >= 15 is 0 Å². The number of nitrogens with zero attached hydrogens (tertiary/aromatic N) is 1. The minimum absolute atomic E-state index is 0.0557. The first kappa shape index (κ1) is 18.8. The van der Waals surface area contributed by atoms with Crippen molar-refractivity contribution in [3.05, 3.63) is 60.2 Å². The average molecular weight is 366 g/mol. The summed E-state index contributed by atoms with van der Waals surface area (Å²) in [5, 5.41) is 11.9. The van der Waals surface area contributed by atoms with Gasteiger partial charge in [-0.25, -0.2) is 0 Å². The summed E-state index contributed by atoms with van der Waals surface area (Å²) >= 11 is 0. The van der Waals surface area contributed by atoms with Gasteiger partial charge in [-0.1, -0.05) is 42.5 Å². The van der Waals surface area contributed by atoms with E-state index in [1.54, 1.807) is 12.1 Å². The van der Waals surface area contributed by atoms with Gasteiger partial charge in [0.2, 0.25) is 0 Å². The van der Waals surface area contributed by atoms with Gasteiger partial charge in [0.25, 0.3) is 11.8 Å². The van der Waals surface area contributed by atoms with Gasteiger partial charge in [-0.3, -0.25) is 14.4 Å². The molecule has 0 aliphatic heterocycles. The molecule has 0 bridgehead atoms. The second kappa shape index (κ2) is 8.14. The van der Waals surface area contributed by atoms with E-state index in [4.69, 9.17) is 0 Å². The number of ketones is 1. The number of aliphatic hydroxyl groups excluding tert-OH is 1. The molecule has 1 fully saturated rings. The van der Waals surface area contributed by atoms with Gasteiger partial charge in [0.05, 0.1) is 0 Å². The highest BCUT2D eigenvalue weighted by Gasteiger charge is 2.36. The van der Waals surface area contributed by atoms with Crippen molar-refractivity contribution in [2.75, 3.05) is 13.7 Å². The number of Topliss-reactive ketones (excluding diaryl/α,β-unsaturated/α-hetero) is 1. The molecule has 0 spiro atoms. The number of likely N-dealkylation sites (N-methyl/N-ethyl adjacent to an activating group) is 1. The highest BCUT2D eigenvalue weighted by atomic mass is 16.3. The van der Waals surface area contributed by atoms with Crippen LogP contribution in [0.15, 0.2) is 54.6 Å². The van der Waals surface area contributed by atoms with Gasteiger partial charge in [-0.15, -0.1) is 0 Å². The summed E-state index contributed by atoms with van der Waals surface area (Å²) in [6.07, 6.45) is 1.73. The van der Waals surface area contributed by atoms with E-state index in [1.807, 2.05) is 42.5 Å². The Morgan fingerprint density at radius 2 is 1.63 bits per heavy atom. The standard InChI is InChI=1S/C21H22N2O4/c1-23(19(18(25)13-24)20(26)22-17-11-12-17)21(27)16-9-7-15(8-10-16)14-5-3-2-4-6-14/h2-10,17,19,24H,11-13H2,1H3,(H,22,26). The number of carbonyl (C=O) groups excluding carboxylic acids is 3. The van der Waals surface area contributed by atoms with Gasteiger partial charge in [-0.05, 0) is 36.1 Å². The van der Waals surface area contributed by atoms with E-state index in [9.17, 15) is 19.5 Å². The van der Waals surface area contributed by atoms with Crippen LogP contribution < -0.4 is 5.32 Å². The molecule has 140 valence electrons. The molecule has 0 radical (unpaired) electrons. The molecule has 2 amide bonds. The van der Waals surface area contributed by atoms with Gasteiger partial charge < -0.3 is 15.3 Å². The third kappa shape index (κ3) is 4.41. The number of hydrogen-bond acceptors (Lipinski definition) is 4. The summed E-state index contributed by atoms with van der Waals surface area (Å²) in [7, 11) is 1.40. The second-order valence-corrected chi connectivity index (χ2v) is 6.67. The lowest BCUT2D eigenvalue weighted by Crippen LogP contribution is -2.53. The Morgan fingerprint density at radius 1 is 1.04 bits per heavy atom. The van der Waals surface area contributed by atoms with Gasteiger partial charge in [-0.2, -0.15) is 0 Å². The predicted octanol–water partition coefficient (Wildman–Crippen LogP) is 1.63. The van der Waals surface area contributed by atoms with Crippen molar-refractivity contribution >= 4 is 17.6 Å². The molecule has 0 saturated heterocycles. The Morgan fingerprint density at radius 3 is 2.19 bits per heavy atom. The quantitative estimate of drug-likeness (QED) is 0.730. The Bertz CT molecular complexity index is 829. The fourth-order valence-corrected chi connectivity index (χ4v) is 2.89. The highest BCUT2D eigenvalue weighted by molar-refractivity contribution is 6.10. The van der Waals surface area contributed by atoms with Crippen molar-refractivity contribution in [2.45, 2.75) is 24.9 Å². The lowest BCUT2D eigenvalue weighted by atomic mass is 10.0. The van der Waals surface area contributed by atoms with Crippen LogP contribution in [0.1, 0.15) is 23.2 Å². The number of aliphatic hydroxyl groups is 1. The molecule has 1 unspecified atom stereocenters. The van der Waals surface area contributed by atoms with Crippen LogP contribution >= 0.6 is 0 Å². The monoisotopic (exact) mass is 366 g/mol. The molecule has 6 heteroatoms. The second-order valence-electron chi connectivity index (χ2n) is 6.67. The van der Waals surface area contributed by atoms with Crippen molar-refractivity contribution in [1.29, 1.82) is 0 Å². The summed E-state index contributed by atoms with van der Waals surface area (Å²) < 4.78 is 0. The van der Waals surface area contributed by atoms with Crippen LogP contribution in [0.4, 0.5) is 0 Å². The van der Waals surface area contributed by atoms with Crippen LogP contribution in [0.5, 0.6) is 0 Å². The topological polar surface area (TPSA) is 86.7 Å². The van der Waals surface area contributed by atoms with Crippen molar-refractivity contribution in [2.24, 2.45) is 0 Å². The number of nitrogens with one attached hydrogen (secondary N) is 1. The first-order valence-electron chi connectivity index (χ1n) is 8.88. The molecule has 1 aliphatic rings. The third-order valence-corrected chi connectivity index (χ3v) is 4.58. The molecule has 0 heterocycles. The average Bonchev–Trinajstić information content (AvgIpc) is 3.52. The molecule has 27 heavy (non-hydrogen) atoms. The zero-order chi connectivity index (χ0) is 19.4. The summed E-state index contributed by atoms with van der Waals surface area (Å²) in [6.45, 7) is -0.798. The number of hydrogen-bond donors (Lipinski definition) is 2. The fraction of sp³-hybridized carbons (Fsp3) is 0.286. The van der Waals surface area contributed by atoms with Crippen molar-refractivity contribution in [3.63, 3.8) is 0 Å². The maximum atomic E-state index is 12.8. The smallest absolute Gasteiger partial charge is 0.254 e. The minimum Gasteiger partial charge on any atom is -0.388 e. The third-order valence-electron chi connectivity index (χ3n) is 4.58. The normalized spacial score (nSPS) is 14.3. The van der Waals surface area contributed by atoms with Crippen LogP contribution in [0.25, 0.3) is 11.1 Å². The van der Waals surface area contributed by atoms with E-state index in [-0.39, 0.29) is 6.04 Å². The number of benzene rings is 2. The van der Waals surface area contributed by atoms with Gasteiger partial charge in [0.15, 0.2) is 11.8 Å². The molecular weight excluding hydrogens is 344 g/mol. The van der Waals surface area contributed by atoms with E-state index in [0.717, 1.165) is 28.9 Å². The van der Waals surface area contributed by atoms with E-state index in [2.05, 4.69) is 5.32 Å². The van der Waals surface area contributed by atoms with Gasteiger partial charge >= 0.3 is 0 Å². The lowest BCUT2D eigenvalue weighted by molar-refractivity contribution is -0.136. The van der Waals surface area contributed by atoms with Crippen LogP contribution in [0, 0.1) is 0 Å². The molecule has 6 nitrogen and oxygen atoms in total. The molecule has 0 aromatic heterocycles. The SMILES string of the molecule is CN(C(=O)c1ccc(-c2ccccc2)cc1)C(C(=O)CO)C(=O)NC1CC1. The van der Waals surface area contributed by atoms with Crippen LogP contribution in [0.2, 0.25) is 0 Å².